The van der Waals surface area contributed by atoms with Crippen LogP contribution in [0.2, 0.25) is 0 Å². The summed E-state index contributed by atoms with van der Waals surface area (Å²) in [5.41, 5.74) is 1.70. The second-order valence-corrected chi connectivity index (χ2v) is 7.87. The van der Waals surface area contributed by atoms with E-state index in [1.54, 1.807) is 24.5 Å². The molecule has 1 N–H and O–H groups in total. The Hall–Kier alpha value is -2.88. The van der Waals surface area contributed by atoms with Gasteiger partial charge in [0, 0.05) is 5.56 Å². The van der Waals surface area contributed by atoms with Crippen LogP contribution in [0.3, 0.4) is 0 Å². The van der Waals surface area contributed by atoms with Crippen molar-refractivity contribution in [1.29, 1.82) is 0 Å². The molecule has 0 heterocycles. The van der Waals surface area contributed by atoms with E-state index >= 15 is 0 Å². The SMILES string of the molecule is COc1cc2c(c(OC)c1OC)-c1ccc(SC)c(=O)cc1[C@H](NC(=O)C(F)(F)F)CC2. The molecule has 1 aliphatic carbocycles. The molecule has 0 aliphatic heterocycles. The molecular weight excluding hydrogens is 447 g/mol. The van der Waals surface area contributed by atoms with Crippen molar-refractivity contribution in [3.8, 4) is 28.4 Å². The van der Waals surface area contributed by atoms with Gasteiger partial charge in [-0.25, -0.2) is 0 Å². The van der Waals surface area contributed by atoms with Crippen LogP contribution in [-0.2, 0) is 11.2 Å². The van der Waals surface area contributed by atoms with Crippen LogP contribution in [0, 0.1) is 0 Å². The molecule has 0 saturated carbocycles. The number of aryl methyl sites for hydroxylation is 1. The largest absolute Gasteiger partial charge is 0.493 e. The lowest BCUT2D eigenvalue weighted by Crippen LogP contribution is -2.39. The zero-order chi connectivity index (χ0) is 23.6. The molecule has 32 heavy (non-hydrogen) atoms. The first-order valence-corrected chi connectivity index (χ1v) is 10.8. The molecule has 172 valence electrons. The summed E-state index contributed by atoms with van der Waals surface area (Å²) in [6, 6.07) is 5.25. The van der Waals surface area contributed by atoms with Gasteiger partial charge in [0.1, 0.15) is 0 Å². The van der Waals surface area contributed by atoms with E-state index in [9.17, 15) is 22.8 Å². The highest BCUT2D eigenvalue weighted by Gasteiger charge is 2.41. The third kappa shape index (κ3) is 4.36. The quantitative estimate of drug-likeness (QED) is 0.664. The van der Waals surface area contributed by atoms with E-state index in [1.807, 2.05) is 0 Å². The first-order valence-electron chi connectivity index (χ1n) is 9.58. The van der Waals surface area contributed by atoms with Gasteiger partial charge in [-0.1, -0.05) is 6.07 Å². The maximum absolute atomic E-state index is 13.0. The van der Waals surface area contributed by atoms with Crippen LogP contribution in [0.1, 0.15) is 23.6 Å². The van der Waals surface area contributed by atoms with Crippen LogP contribution in [0.5, 0.6) is 17.2 Å². The minimum Gasteiger partial charge on any atom is -0.493 e. The molecule has 1 atom stereocenters. The van der Waals surface area contributed by atoms with E-state index in [-0.39, 0.29) is 17.4 Å². The summed E-state index contributed by atoms with van der Waals surface area (Å²) in [6.07, 6.45) is -2.88. The molecule has 0 unspecified atom stereocenters. The summed E-state index contributed by atoms with van der Waals surface area (Å²) in [5.74, 6) is -1.02. The number of carbonyl (C=O) groups excluding carboxylic acids is 1. The fourth-order valence-electron chi connectivity index (χ4n) is 3.86. The van der Waals surface area contributed by atoms with Crippen molar-refractivity contribution in [1.82, 2.24) is 5.32 Å². The molecule has 0 radical (unpaired) electrons. The third-order valence-electron chi connectivity index (χ3n) is 5.28. The van der Waals surface area contributed by atoms with Gasteiger partial charge in [-0.15, -0.1) is 11.8 Å². The Bertz CT molecular complexity index is 1100. The first kappa shape index (κ1) is 23.8. The van der Waals surface area contributed by atoms with E-state index in [2.05, 4.69) is 5.32 Å². The zero-order valence-corrected chi connectivity index (χ0v) is 18.7. The highest BCUT2D eigenvalue weighted by atomic mass is 32.2. The highest BCUT2D eigenvalue weighted by molar-refractivity contribution is 7.98. The first-order chi connectivity index (χ1) is 15.2. The van der Waals surface area contributed by atoms with Crippen molar-refractivity contribution in [2.24, 2.45) is 0 Å². The van der Waals surface area contributed by atoms with Gasteiger partial charge >= 0.3 is 12.1 Å². The van der Waals surface area contributed by atoms with Crippen molar-refractivity contribution in [2.45, 2.75) is 30.0 Å². The normalized spacial score (nSPS) is 15.2. The molecule has 0 fully saturated rings. The van der Waals surface area contributed by atoms with Crippen LogP contribution in [0.4, 0.5) is 13.2 Å². The van der Waals surface area contributed by atoms with Gasteiger partial charge in [0.2, 0.25) is 5.75 Å². The molecule has 0 spiro atoms. The summed E-state index contributed by atoms with van der Waals surface area (Å²) in [4.78, 5) is 24.9. The van der Waals surface area contributed by atoms with Crippen molar-refractivity contribution in [3.63, 3.8) is 0 Å². The van der Waals surface area contributed by atoms with Gasteiger partial charge in [0.05, 0.1) is 32.3 Å². The van der Waals surface area contributed by atoms with Gasteiger partial charge < -0.3 is 19.5 Å². The number of alkyl halides is 3. The Labute approximate surface area is 187 Å². The summed E-state index contributed by atoms with van der Waals surface area (Å²) in [5, 5.41) is 2.05. The smallest absolute Gasteiger partial charge is 0.471 e. The fourth-order valence-corrected chi connectivity index (χ4v) is 4.32. The number of benzene rings is 1. The minimum atomic E-state index is -5.05. The Morgan fingerprint density at radius 2 is 1.78 bits per heavy atom. The average Bonchev–Trinajstić information content (AvgIpc) is 3.00. The molecule has 1 amide bonds. The Morgan fingerprint density at radius 3 is 2.34 bits per heavy atom. The van der Waals surface area contributed by atoms with Gasteiger partial charge in [0.15, 0.2) is 16.9 Å². The number of fused-ring (bicyclic) bond motifs is 3. The van der Waals surface area contributed by atoms with E-state index in [0.29, 0.717) is 39.7 Å². The molecule has 0 bridgehead atoms. The van der Waals surface area contributed by atoms with E-state index < -0.39 is 18.1 Å². The fraction of sp³-hybridized carbons (Fsp3) is 0.364. The van der Waals surface area contributed by atoms with Crippen LogP contribution >= 0.6 is 11.8 Å². The number of methoxy groups -OCH3 is 3. The molecule has 6 nitrogen and oxygen atoms in total. The number of hydrogen-bond acceptors (Lipinski definition) is 6. The highest BCUT2D eigenvalue weighted by Crippen LogP contribution is 2.50. The average molecular weight is 469 g/mol. The molecular formula is C22H22F3NO5S. The van der Waals surface area contributed by atoms with Crippen LogP contribution < -0.4 is 25.0 Å². The lowest BCUT2D eigenvalue weighted by molar-refractivity contribution is -0.174. The number of hydrogen-bond donors (Lipinski definition) is 1. The van der Waals surface area contributed by atoms with E-state index in [0.717, 1.165) is 5.56 Å². The maximum Gasteiger partial charge on any atom is 0.471 e. The number of carbonyl (C=O) groups is 1. The van der Waals surface area contributed by atoms with Gasteiger partial charge in [-0.3, -0.25) is 9.59 Å². The topological polar surface area (TPSA) is 73.9 Å². The van der Waals surface area contributed by atoms with E-state index in [1.165, 1.54) is 39.2 Å². The standard InChI is InChI=1S/C22H22F3NO5S/c1-29-16-9-11-5-7-14(26-21(28)22(23,24)25)13-10-15(27)17(32-4)8-6-12(13)18(11)20(31-3)19(16)30-2/h6,8-10,14H,5,7H2,1-4H3,(H,26,28)/t14-/m1/s1. The maximum atomic E-state index is 13.0. The summed E-state index contributed by atoms with van der Waals surface area (Å²) in [6.45, 7) is 0. The minimum absolute atomic E-state index is 0.137. The number of nitrogens with one attached hydrogen (secondary N) is 1. The van der Waals surface area contributed by atoms with Crippen molar-refractivity contribution in [2.75, 3.05) is 27.6 Å². The van der Waals surface area contributed by atoms with Crippen molar-refractivity contribution in [3.05, 3.63) is 45.6 Å². The number of ether oxygens (including phenoxy) is 3. The Balaban J connectivity index is 2.35. The van der Waals surface area contributed by atoms with E-state index in [4.69, 9.17) is 14.2 Å². The molecule has 10 heteroatoms. The van der Waals surface area contributed by atoms with Gasteiger partial charge in [-0.05, 0) is 54.0 Å². The van der Waals surface area contributed by atoms with Crippen molar-refractivity contribution >= 4 is 17.7 Å². The predicted molar refractivity (Wildman–Crippen MR) is 115 cm³/mol. The second-order valence-electron chi connectivity index (χ2n) is 7.02. The summed E-state index contributed by atoms with van der Waals surface area (Å²) < 4.78 is 55.5. The summed E-state index contributed by atoms with van der Waals surface area (Å²) in [7, 11) is 4.36. The second kappa shape index (κ2) is 9.32. The van der Waals surface area contributed by atoms with Gasteiger partial charge in [0.25, 0.3) is 0 Å². The molecule has 3 rings (SSSR count). The Morgan fingerprint density at radius 1 is 1.09 bits per heavy atom. The van der Waals surface area contributed by atoms with Crippen LogP contribution in [0.15, 0.2) is 34.0 Å². The Kier molecular flexibility index (Phi) is 6.92. The van der Waals surface area contributed by atoms with Gasteiger partial charge in [-0.2, -0.15) is 13.2 Å². The number of rotatable bonds is 5. The number of thioether (sulfide) groups is 1. The zero-order valence-electron chi connectivity index (χ0n) is 17.9. The molecule has 2 aromatic carbocycles. The molecule has 0 aromatic heterocycles. The number of halogens is 3. The monoisotopic (exact) mass is 469 g/mol. The number of amides is 1. The predicted octanol–water partition coefficient (Wildman–Crippen LogP) is 4.13. The lowest BCUT2D eigenvalue weighted by atomic mass is 9.95. The van der Waals surface area contributed by atoms with Crippen LogP contribution in [0.25, 0.3) is 11.1 Å². The third-order valence-corrected chi connectivity index (χ3v) is 6.06. The van der Waals surface area contributed by atoms with Crippen molar-refractivity contribution < 1.29 is 32.2 Å². The van der Waals surface area contributed by atoms with Crippen LogP contribution in [-0.4, -0.2) is 39.7 Å². The molecule has 0 saturated heterocycles. The lowest BCUT2D eigenvalue weighted by Gasteiger charge is -2.20. The molecule has 2 aromatic rings. The summed E-state index contributed by atoms with van der Waals surface area (Å²) >= 11 is 1.22. The molecule has 1 aliphatic rings.